The average Bonchev–Trinajstić information content (AvgIpc) is 2.96. The van der Waals surface area contributed by atoms with Crippen molar-refractivity contribution in [2.75, 3.05) is 10.8 Å². The Kier molecular flexibility index (Phi) is 11.6. The summed E-state index contributed by atoms with van der Waals surface area (Å²) < 4.78 is 29.2. The van der Waals surface area contributed by atoms with Gasteiger partial charge in [-0.15, -0.1) is 0 Å². The quantitative estimate of drug-likeness (QED) is 0.233. The molecule has 0 spiro atoms. The first kappa shape index (κ1) is 33.1. The van der Waals surface area contributed by atoms with E-state index in [1.165, 1.54) is 4.90 Å². The van der Waals surface area contributed by atoms with Crippen LogP contribution in [-0.2, 0) is 26.2 Å². The molecule has 0 saturated heterocycles. The molecule has 0 aliphatic rings. The molecule has 9 heteroatoms. The Hall–Kier alpha value is -3.36. The number of amides is 2. The van der Waals surface area contributed by atoms with Gasteiger partial charge in [0.15, 0.2) is 0 Å². The molecule has 0 radical (unpaired) electrons. The molecule has 3 aromatic rings. The fourth-order valence-electron chi connectivity index (χ4n) is 4.56. The molecule has 3 rings (SSSR count). The van der Waals surface area contributed by atoms with Crippen LogP contribution in [0.5, 0.6) is 0 Å². The van der Waals surface area contributed by atoms with Crippen molar-refractivity contribution in [2.45, 2.75) is 83.8 Å². The zero-order valence-electron chi connectivity index (χ0n) is 25.3. The highest BCUT2D eigenvalue weighted by molar-refractivity contribution is 7.92. The number of carbonyl (C=O) groups is 2. The molecule has 2 atom stereocenters. The van der Waals surface area contributed by atoms with Gasteiger partial charge in [-0.3, -0.25) is 13.9 Å². The largest absolute Gasteiger partial charge is 0.352 e. The highest BCUT2D eigenvalue weighted by Gasteiger charge is 2.34. The minimum absolute atomic E-state index is 0.0512. The van der Waals surface area contributed by atoms with Crippen LogP contribution in [0.15, 0.2) is 77.7 Å². The molecule has 3 aromatic carbocycles. The molecule has 1 N–H and O–H groups in total. The zero-order chi connectivity index (χ0) is 31.0. The van der Waals surface area contributed by atoms with Gasteiger partial charge in [-0.25, -0.2) is 8.42 Å². The number of sulfonamides is 1. The van der Waals surface area contributed by atoms with Gasteiger partial charge in [-0.1, -0.05) is 87.3 Å². The Bertz CT molecular complexity index is 1460. The maximum Gasteiger partial charge on any atom is 0.264 e. The molecule has 0 unspecified atom stereocenters. The Balaban J connectivity index is 2.08. The van der Waals surface area contributed by atoms with E-state index in [0.29, 0.717) is 22.7 Å². The van der Waals surface area contributed by atoms with Crippen molar-refractivity contribution in [3.63, 3.8) is 0 Å². The van der Waals surface area contributed by atoms with Crippen molar-refractivity contribution in [1.29, 1.82) is 0 Å². The smallest absolute Gasteiger partial charge is 0.264 e. The fraction of sp³-hybridized carbons (Fsp3) is 0.394. The normalized spacial score (nSPS) is 13.0. The van der Waals surface area contributed by atoms with E-state index in [2.05, 4.69) is 19.2 Å². The lowest BCUT2D eigenvalue weighted by Crippen LogP contribution is -2.53. The minimum Gasteiger partial charge on any atom is -0.352 e. The van der Waals surface area contributed by atoms with Gasteiger partial charge in [-0.05, 0) is 74.1 Å². The summed E-state index contributed by atoms with van der Waals surface area (Å²) in [5.41, 5.74) is 2.99. The van der Waals surface area contributed by atoms with Gasteiger partial charge in [0.1, 0.15) is 12.6 Å². The van der Waals surface area contributed by atoms with Crippen molar-refractivity contribution >= 4 is 39.1 Å². The maximum atomic E-state index is 14.2. The molecular formula is C33H42ClN3O4S. The van der Waals surface area contributed by atoms with Crippen LogP contribution in [0.2, 0.25) is 5.02 Å². The van der Waals surface area contributed by atoms with Crippen LogP contribution in [0.1, 0.15) is 70.1 Å². The molecule has 0 aliphatic carbocycles. The van der Waals surface area contributed by atoms with E-state index in [4.69, 9.17) is 11.6 Å². The fourth-order valence-corrected chi connectivity index (χ4v) is 6.17. The Morgan fingerprint density at radius 1 is 0.881 bits per heavy atom. The predicted molar refractivity (Wildman–Crippen MR) is 170 cm³/mol. The monoisotopic (exact) mass is 611 g/mol. The van der Waals surface area contributed by atoms with E-state index in [9.17, 15) is 18.0 Å². The van der Waals surface area contributed by atoms with E-state index in [-0.39, 0.29) is 29.3 Å². The zero-order valence-corrected chi connectivity index (χ0v) is 26.9. The lowest BCUT2D eigenvalue weighted by Gasteiger charge is -2.34. The number of nitrogens with zero attached hydrogens (tertiary/aromatic N) is 2. The summed E-state index contributed by atoms with van der Waals surface area (Å²) in [5.74, 6) is -0.547. The Labute approximate surface area is 255 Å². The summed E-state index contributed by atoms with van der Waals surface area (Å²) in [7, 11) is -4.13. The number of benzene rings is 3. The first-order chi connectivity index (χ1) is 19.9. The number of rotatable bonds is 13. The lowest BCUT2D eigenvalue weighted by molar-refractivity contribution is -0.140. The van der Waals surface area contributed by atoms with E-state index in [1.54, 1.807) is 54.6 Å². The standard InChI is InChI=1S/C33H42ClN3O4S/c1-7-25(6)35-33(39)31(8-2)36(21-27-11-9-10-12-30(27)34)32(38)22-37(28-17-15-26(16-18-28)23(3)4)42(40,41)29-19-13-24(5)14-20-29/h9-20,23,25,31H,7-8,21-22H2,1-6H3,(H,35,39)/t25-,31-/m0/s1. The van der Waals surface area contributed by atoms with Crippen LogP contribution in [0.25, 0.3) is 0 Å². The summed E-state index contributed by atoms with van der Waals surface area (Å²) in [6.45, 7) is 11.3. The van der Waals surface area contributed by atoms with Crippen LogP contribution in [0.4, 0.5) is 5.69 Å². The van der Waals surface area contributed by atoms with Gasteiger partial charge in [0.25, 0.3) is 10.0 Å². The third-order valence-corrected chi connectivity index (χ3v) is 9.58. The molecule has 42 heavy (non-hydrogen) atoms. The van der Waals surface area contributed by atoms with E-state index in [0.717, 1.165) is 21.9 Å². The second kappa shape index (κ2) is 14.7. The van der Waals surface area contributed by atoms with Crippen LogP contribution in [-0.4, -0.2) is 43.8 Å². The third-order valence-electron chi connectivity index (χ3n) is 7.42. The molecular weight excluding hydrogens is 570 g/mol. The topological polar surface area (TPSA) is 86.8 Å². The van der Waals surface area contributed by atoms with E-state index in [1.807, 2.05) is 45.9 Å². The van der Waals surface area contributed by atoms with Crippen molar-refractivity contribution in [3.8, 4) is 0 Å². The van der Waals surface area contributed by atoms with Crippen molar-refractivity contribution in [2.24, 2.45) is 0 Å². The van der Waals surface area contributed by atoms with Gasteiger partial charge in [0.2, 0.25) is 11.8 Å². The minimum atomic E-state index is -4.13. The second-order valence-corrected chi connectivity index (χ2v) is 13.2. The summed E-state index contributed by atoms with van der Waals surface area (Å²) in [5, 5.41) is 3.44. The average molecular weight is 612 g/mol. The van der Waals surface area contributed by atoms with Crippen molar-refractivity contribution < 1.29 is 18.0 Å². The van der Waals surface area contributed by atoms with E-state index < -0.39 is 28.5 Å². The maximum absolute atomic E-state index is 14.2. The van der Waals surface area contributed by atoms with Gasteiger partial charge < -0.3 is 10.2 Å². The Morgan fingerprint density at radius 2 is 1.50 bits per heavy atom. The highest BCUT2D eigenvalue weighted by atomic mass is 35.5. The molecule has 226 valence electrons. The van der Waals surface area contributed by atoms with Gasteiger partial charge in [0.05, 0.1) is 10.6 Å². The Morgan fingerprint density at radius 3 is 2.05 bits per heavy atom. The molecule has 0 aromatic heterocycles. The number of carbonyl (C=O) groups excluding carboxylic acids is 2. The molecule has 0 heterocycles. The molecule has 0 bridgehead atoms. The van der Waals surface area contributed by atoms with Crippen molar-refractivity contribution in [1.82, 2.24) is 10.2 Å². The predicted octanol–water partition coefficient (Wildman–Crippen LogP) is 6.69. The van der Waals surface area contributed by atoms with Crippen LogP contribution in [0, 0.1) is 6.92 Å². The summed E-state index contributed by atoms with van der Waals surface area (Å²) in [6.07, 6.45) is 1.07. The first-order valence-electron chi connectivity index (χ1n) is 14.4. The number of aryl methyl sites for hydroxylation is 1. The van der Waals surface area contributed by atoms with Crippen LogP contribution < -0.4 is 9.62 Å². The number of halogens is 1. The number of hydrogen-bond donors (Lipinski definition) is 1. The lowest BCUT2D eigenvalue weighted by atomic mass is 10.0. The molecule has 0 fully saturated rings. The summed E-state index contributed by atoms with van der Waals surface area (Å²) in [4.78, 5) is 29.1. The van der Waals surface area contributed by atoms with Crippen molar-refractivity contribution in [3.05, 3.63) is 94.5 Å². The summed E-state index contributed by atoms with van der Waals surface area (Å²) >= 11 is 6.47. The molecule has 0 aliphatic heterocycles. The van der Waals surface area contributed by atoms with E-state index >= 15 is 0 Å². The SMILES string of the molecule is CC[C@H](C)NC(=O)[C@H](CC)N(Cc1ccccc1Cl)C(=O)CN(c1ccc(C(C)C)cc1)S(=O)(=O)c1ccc(C)cc1. The third kappa shape index (κ3) is 8.13. The van der Waals surface area contributed by atoms with Gasteiger partial charge in [-0.2, -0.15) is 0 Å². The number of nitrogens with one attached hydrogen (secondary N) is 1. The van der Waals surface area contributed by atoms with Crippen LogP contribution >= 0.6 is 11.6 Å². The summed E-state index contributed by atoms with van der Waals surface area (Å²) in [6, 6.07) is 20.0. The molecule has 7 nitrogen and oxygen atoms in total. The van der Waals surface area contributed by atoms with Crippen LogP contribution in [0.3, 0.4) is 0 Å². The van der Waals surface area contributed by atoms with Gasteiger partial charge in [0, 0.05) is 17.6 Å². The number of hydrogen-bond acceptors (Lipinski definition) is 4. The molecule has 2 amide bonds. The molecule has 0 saturated carbocycles. The second-order valence-electron chi connectivity index (χ2n) is 10.9. The first-order valence-corrected chi connectivity index (χ1v) is 16.2. The highest BCUT2D eigenvalue weighted by Crippen LogP contribution is 2.27. The number of anilines is 1. The van der Waals surface area contributed by atoms with Gasteiger partial charge >= 0.3 is 0 Å².